The molecule has 0 fully saturated rings. The minimum Gasteiger partial charge on any atom is -0.497 e. The quantitative estimate of drug-likeness (QED) is 0.625. The summed E-state index contributed by atoms with van der Waals surface area (Å²) in [7, 11) is 1.54. The Bertz CT molecular complexity index is 1080. The Morgan fingerprint density at radius 3 is 2.24 bits per heavy atom. The van der Waals surface area contributed by atoms with E-state index in [4.69, 9.17) is 4.74 Å². The first-order chi connectivity index (χ1) is 14.0. The summed E-state index contributed by atoms with van der Waals surface area (Å²) in [5.74, 6) is -0.351. The Kier molecular flexibility index (Phi) is 5.99. The number of Topliss-reactive ketones (excluding diaryl/α,β-unsaturated/α-hetero) is 1. The van der Waals surface area contributed by atoms with E-state index in [0.717, 1.165) is 0 Å². The molecule has 0 aliphatic carbocycles. The average molecular weight is 389 g/mol. The molecule has 1 aromatic heterocycles. The first kappa shape index (κ1) is 19.8. The highest BCUT2D eigenvalue weighted by Crippen LogP contribution is 2.18. The molecule has 3 aromatic rings. The van der Waals surface area contributed by atoms with Gasteiger partial charge in [-0.15, -0.1) is 0 Å². The molecule has 146 valence electrons. The molecule has 3 rings (SSSR count). The number of nitrogens with one attached hydrogen (secondary N) is 2. The van der Waals surface area contributed by atoms with Crippen molar-refractivity contribution in [2.75, 3.05) is 17.7 Å². The van der Waals surface area contributed by atoms with Crippen LogP contribution in [0.1, 0.15) is 38.1 Å². The summed E-state index contributed by atoms with van der Waals surface area (Å²) in [6, 6.07) is 16.5. The number of amides is 2. The van der Waals surface area contributed by atoms with Crippen LogP contribution in [0.2, 0.25) is 0 Å². The summed E-state index contributed by atoms with van der Waals surface area (Å²) >= 11 is 0. The predicted octanol–water partition coefficient (Wildman–Crippen LogP) is 3.80. The van der Waals surface area contributed by atoms with Crippen LogP contribution in [0.25, 0.3) is 0 Å². The van der Waals surface area contributed by atoms with Crippen molar-refractivity contribution < 1.29 is 19.1 Å². The summed E-state index contributed by atoms with van der Waals surface area (Å²) in [5.41, 5.74) is 1.89. The second kappa shape index (κ2) is 8.79. The van der Waals surface area contributed by atoms with Gasteiger partial charge in [0.2, 0.25) is 0 Å². The maximum atomic E-state index is 12.5. The van der Waals surface area contributed by atoms with Crippen LogP contribution >= 0.6 is 0 Å². The molecule has 0 aliphatic heterocycles. The van der Waals surface area contributed by atoms with Gasteiger partial charge in [0.25, 0.3) is 11.8 Å². The van der Waals surface area contributed by atoms with Crippen LogP contribution in [0, 0.1) is 0 Å². The standard InChI is InChI=1S/C22H19N3O4/c1-14(26)15-5-3-6-17(11-15)25-22(28)20-12-16(9-10-23-20)21(27)24-18-7-4-8-19(13-18)29-2/h3-13H,1-2H3,(H,24,27)(H,25,28). The molecular weight excluding hydrogens is 370 g/mol. The number of ketones is 1. The Balaban J connectivity index is 1.74. The molecule has 0 saturated carbocycles. The van der Waals surface area contributed by atoms with Gasteiger partial charge >= 0.3 is 0 Å². The van der Waals surface area contributed by atoms with Crippen LogP contribution in [0.3, 0.4) is 0 Å². The monoisotopic (exact) mass is 389 g/mol. The number of hydrogen-bond acceptors (Lipinski definition) is 5. The van der Waals surface area contributed by atoms with Crippen LogP contribution < -0.4 is 15.4 Å². The molecule has 29 heavy (non-hydrogen) atoms. The minimum atomic E-state index is -0.485. The number of aromatic nitrogens is 1. The molecule has 0 saturated heterocycles. The lowest BCUT2D eigenvalue weighted by molar-refractivity contribution is 0.100. The highest BCUT2D eigenvalue weighted by Gasteiger charge is 2.13. The smallest absolute Gasteiger partial charge is 0.274 e. The second-order valence-electron chi connectivity index (χ2n) is 6.21. The van der Waals surface area contributed by atoms with E-state index in [1.165, 1.54) is 25.3 Å². The number of methoxy groups -OCH3 is 1. The normalized spacial score (nSPS) is 10.1. The van der Waals surface area contributed by atoms with E-state index in [-0.39, 0.29) is 22.9 Å². The zero-order valence-electron chi connectivity index (χ0n) is 15.9. The third-order valence-corrected chi connectivity index (χ3v) is 4.11. The molecule has 0 unspecified atom stereocenters. The van der Waals surface area contributed by atoms with Gasteiger partial charge in [-0.1, -0.05) is 18.2 Å². The maximum absolute atomic E-state index is 12.5. The van der Waals surface area contributed by atoms with Gasteiger partial charge in [0, 0.05) is 34.8 Å². The van der Waals surface area contributed by atoms with E-state index in [1.807, 2.05) is 0 Å². The molecule has 1 heterocycles. The average Bonchev–Trinajstić information content (AvgIpc) is 2.74. The fourth-order valence-electron chi connectivity index (χ4n) is 2.61. The fourth-order valence-corrected chi connectivity index (χ4v) is 2.61. The van der Waals surface area contributed by atoms with Crippen molar-refractivity contribution in [3.63, 3.8) is 0 Å². The molecule has 7 heteroatoms. The minimum absolute atomic E-state index is 0.0801. The van der Waals surface area contributed by atoms with Crippen LogP contribution in [-0.4, -0.2) is 29.7 Å². The zero-order valence-corrected chi connectivity index (χ0v) is 15.9. The van der Waals surface area contributed by atoms with Crippen molar-refractivity contribution >= 4 is 29.0 Å². The molecular formula is C22H19N3O4. The van der Waals surface area contributed by atoms with E-state index in [1.54, 1.807) is 55.6 Å². The van der Waals surface area contributed by atoms with E-state index >= 15 is 0 Å². The number of pyridine rings is 1. The molecule has 0 bridgehead atoms. The van der Waals surface area contributed by atoms with E-state index in [9.17, 15) is 14.4 Å². The van der Waals surface area contributed by atoms with Crippen molar-refractivity contribution in [1.82, 2.24) is 4.98 Å². The first-order valence-electron chi connectivity index (χ1n) is 8.80. The molecule has 2 N–H and O–H groups in total. The first-order valence-corrected chi connectivity index (χ1v) is 8.80. The van der Waals surface area contributed by atoms with Crippen molar-refractivity contribution in [2.45, 2.75) is 6.92 Å². The highest BCUT2D eigenvalue weighted by molar-refractivity contribution is 6.08. The van der Waals surface area contributed by atoms with Crippen LogP contribution in [0.4, 0.5) is 11.4 Å². The van der Waals surface area contributed by atoms with Gasteiger partial charge in [0.1, 0.15) is 11.4 Å². The molecule has 0 atom stereocenters. The summed E-state index contributed by atoms with van der Waals surface area (Å²) in [6.45, 7) is 1.45. The number of ether oxygens (including phenoxy) is 1. The van der Waals surface area contributed by atoms with Gasteiger partial charge in [-0.05, 0) is 43.3 Å². The maximum Gasteiger partial charge on any atom is 0.274 e. The number of anilines is 2. The van der Waals surface area contributed by atoms with Crippen molar-refractivity contribution in [3.8, 4) is 5.75 Å². The zero-order chi connectivity index (χ0) is 20.8. The molecule has 0 aliphatic rings. The van der Waals surface area contributed by atoms with Crippen LogP contribution in [0.15, 0.2) is 66.9 Å². The lowest BCUT2D eigenvalue weighted by atomic mass is 10.1. The van der Waals surface area contributed by atoms with Gasteiger partial charge < -0.3 is 15.4 Å². The van der Waals surface area contributed by atoms with Gasteiger partial charge in [-0.3, -0.25) is 19.4 Å². The molecule has 2 aromatic carbocycles. The van der Waals surface area contributed by atoms with Crippen LogP contribution in [-0.2, 0) is 0 Å². The van der Waals surface area contributed by atoms with Gasteiger partial charge in [-0.25, -0.2) is 0 Å². The number of benzene rings is 2. The Morgan fingerprint density at radius 2 is 1.52 bits per heavy atom. The topological polar surface area (TPSA) is 97.4 Å². The fraction of sp³-hybridized carbons (Fsp3) is 0.0909. The molecule has 2 amide bonds. The second-order valence-corrected chi connectivity index (χ2v) is 6.21. The summed E-state index contributed by atoms with van der Waals surface area (Å²) in [6.07, 6.45) is 1.39. The lowest BCUT2D eigenvalue weighted by Crippen LogP contribution is -2.17. The van der Waals surface area contributed by atoms with Gasteiger partial charge in [0.05, 0.1) is 7.11 Å². The third kappa shape index (κ3) is 5.04. The van der Waals surface area contributed by atoms with Crippen LogP contribution in [0.5, 0.6) is 5.75 Å². The number of rotatable bonds is 6. The summed E-state index contributed by atoms with van der Waals surface area (Å²) < 4.78 is 5.14. The van der Waals surface area contributed by atoms with Crippen molar-refractivity contribution in [1.29, 1.82) is 0 Å². The van der Waals surface area contributed by atoms with E-state index < -0.39 is 5.91 Å². The molecule has 7 nitrogen and oxygen atoms in total. The molecule has 0 radical (unpaired) electrons. The summed E-state index contributed by atoms with van der Waals surface area (Å²) in [4.78, 5) is 40.5. The van der Waals surface area contributed by atoms with Crippen molar-refractivity contribution in [2.24, 2.45) is 0 Å². The van der Waals surface area contributed by atoms with Crippen molar-refractivity contribution in [3.05, 3.63) is 83.7 Å². The highest BCUT2D eigenvalue weighted by atomic mass is 16.5. The number of nitrogens with zero attached hydrogens (tertiary/aromatic N) is 1. The van der Waals surface area contributed by atoms with E-state index in [0.29, 0.717) is 22.7 Å². The third-order valence-electron chi connectivity index (χ3n) is 4.11. The van der Waals surface area contributed by atoms with Gasteiger partial charge in [0.15, 0.2) is 5.78 Å². The number of carbonyl (C=O) groups excluding carboxylic acids is 3. The Hall–Kier alpha value is -4.00. The molecule has 0 spiro atoms. The van der Waals surface area contributed by atoms with E-state index in [2.05, 4.69) is 15.6 Å². The Labute approximate surface area is 167 Å². The predicted molar refractivity (Wildman–Crippen MR) is 110 cm³/mol. The SMILES string of the molecule is COc1cccc(NC(=O)c2ccnc(C(=O)Nc3cccc(C(C)=O)c3)c2)c1. The summed E-state index contributed by atoms with van der Waals surface area (Å²) in [5, 5.41) is 5.44. The number of carbonyl (C=O) groups is 3. The Morgan fingerprint density at radius 1 is 0.828 bits per heavy atom. The van der Waals surface area contributed by atoms with Gasteiger partial charge in [-0.2, -0.15) is 0 Å². The number of hydrogen-bond donors (Lipinski definition) is 2. The lowest BCUT2D eigenvalue weighted by Gasteiger charge is -2.09. The largest absolute Gasteiger partial charge is 0.497 e.